The summed E-state index contributed by atoms with van der Waals surface area (Å²) in [7, 11) is 1.64. The van der Waals surface area contributed by atoms with Crippen LogP contribution < -0.4 is 14.8 Å². The number of benzene rings is 1. The highest BCUT2D eigenvalue weighted by Crippen LogP contribution is 2.26. The normalized spacial score (nSPS) is 14.4. The fourth-order valence-corrected chi connectivity index (χ4v) is 1.55. The van der Waals surface area contributed by atoms with Crippen molar-refractivity contribution < 1.29 is 9.47 Å². The Morgan fingerprint density at radius 2 is 2.06 bits per heavy atom. The average molecular weight is 233 g/mol. The number of para-hydroxylation sites is 2. The molecule has 1 aliphatic carbocycles. The maximum absolute atomic E-state index is 5.68. The number of nitrogens with one attached hydrogen (secondary N) is 1. The van der Waals surface area contributed by atoms with Crippen molar-refractivity contribution in [3.8, 4) is 11.5 Å². The van der Waals surface area contributed by atoms with E-state index in [-0.39, 0.29) is 0 Å². The van der Waals surface area contributed by atoms with Gasteiger partial charge in [-0.2, -0.15) is 0 Å². The van der Waals surface area contributed by atoms with Crippen LogP contribution in [-0.2, 0) is 0 Å². The van der Waals surface area contributed by atoms with Gasteiger partial charge < -0.3 is 14.8 Å². The molecule has 0 aliphatic heterocycles. The third-order valence-electron chi connectivity index (χ3n) is 2.72. The Morgan fingerprint density at radius 1 is 1.35 bits per heavy atom. The van der Waals surface area contributed by atoms with Crippen LogP contribution in [-0.4, -0.2) is 26.3 Å². The van der Waals surface area contributed by atoms with Gasteiger partial charge in [-0.3, -0.25) is 0 Å². The summed E-state index contributed by atoms with van der Waals surface area (Å²) in [4.78, 5) is 0. The quantitative estimate of drug-likeness (QED) is 0.733. The summed E-state index contributed by atoms with van der Waals surface area (Å²) in [5, 5.41) is 3.41. The largest absolute Gasteiger partial charge is 0.493 e. The fraction of sp³-hybridized carbons (Fsp3) is 0.429. The van der Waals surface area contributed by atoms with E-state index in [2.05, 4.69) is 11.9 Å². The zero-order valence-electron chi connectivity index (χ0n) is 10.2. The van der Waals surface area contributed by atoms with E-state index in [9.17, 15) is 0 Å². The van der Waals surface area contributed by atoms with Crippen molar-refractivity contribution in [1.82, 2.24) is 5.32 Å². The van der Waals surface area contributed by atoms with Crippen LogP contribution in [0, 0.1) is 0 Å². The molecular weight excluding hydrogens is 214 g/mol. The molecule has 0 heterocycles. The molecule has 0 amide bonds. The molecule has 0 unspecified atom stereocenters. The molecule has 0 saturated heterocycles. The lowest BCUT2D eigenvalue weighted by atomic mass is 10.3. The molecule has 1 fully saturated rings. The summed E-state index contributed by atoms with van der Waals surface area (Å²) >= 11 is 0. The van der Waals surface area contributed by atoms with Gasteiger partial charge in [0.2, 0.25) is 0 Å². The molecule has 0 bridgehead atoms. The van der Waals surface area contributed by atoms with Crippen LogP contribution >= 0.6 is 0 Å². The Hall–Kier alpha value is -1.48. The predicted octanol–water partition coefficient (Wildman–Crippen LogP) is 2.38. The van der Waals surface area contributed by atoms with Crippen LogP contribution in [0.15, 0.2) is 36.4 Å². The molecule has 1 aliphatic rings. The van der Waals surface area contributed by atoms with Crippen molar-refractivity contribution in [1.29, 1.82) is 0 Å². The summed E-state index contributed by atoms with van der Waals surface area (Å²) in [6.45, 7) is 5.36. The van der Waals surface area contributed by atoms with Gasteiger partial charge in [0.15, 0.2) is 11.5 Å². The zero-order chi connectivity index (χ0) is 12.1. The Labute approximate surface area is 102 Å². The van der Waals surface area contributed by atoms with Crippen molar-refractivity contribution in [3.05, 3.63) is 36.4 Å². The van der Waals surface area contributed by atoms with Crippen LogP contribution in [0.3, 0.4) is 0 Å². The monoisotopic (exact) mass is 233 g/mol. The zero-order valence-corrected chi connectivity index (χ0v) is 10.2. The van der Waals surface area contributed by atoms with Gasteiger partial charge in [0.05, 0.1) is 7.11 Å². The molecule has 0 atom stereocenters. The Morgan fingerprint density at radius 3 is 2.71 bits per heavy atom. The van der Waals surface area contributed by atoms with Crippen LogP contribution in [0.1, 0.15) is 12.8 Å². The predicted molar refractivity (Wildman–Crippen MR) is 68.7 cm³/mol. The molecule has 0 radical (unpaired) electrons. The van der Waals surface area contributed by atoms with Crippen molar-refractivity contribution in [2.24, 2.45) is 0 Å². The molecule has 0 aromatic heterocycles. The highest BCUT2D eigenvalue weighted by molar-refractivity contribution is 5.39. The van der Waals surface area contributed by atoms with Crippen LogP contribution in [0.4, 0.5) is 0 Å². The summed E-state index contributed by atoms with van der Waals surface area (Å²) in [5.41, 5.74) is 1.06. The van der Waals surface area contributed by atoms with E-state index in [1.807, 2.05) is 24.3 Å². The molecule has 92 valence electrons. The van der Waals surface area contributed by atoms with Crippen LogP contribution in [0.2, 0.25) is 0 Å². The molecule has 2 rings (SSSR count). The smallest absolute Gasteiger partial charge is 0.161 e. The van der Waals surface area contributed by atoms with Gasteiger partial charge >= 0.3 is 0 Å². The summed E-state index contributed by atoms with van der Waals surface area (Å²) in [5.74, 6) is 1.53. The van der Waals surface area contributed by atoms with Gasteiger partial charge in [-0.15, -0.1) is 0 Å². The molecule has 3 nitrogen and oxygen atoms in total. The van der Waals surface area contributed by atoms with E-state index in [0.29, 0.717) is 12.6 Å². The highest BCUT2D eigenvalue weighted by Gasteiger charge is 2.20. The van der Waals surface area contributed by atoms with Crippen molar-refractivity contribution in [2.75, 3.05) is 20.3 Å². The topological polar surface area (TPSA) is 30.5 Å². The maximum Gasteiger partial charge on any atom is 0.161 e. The second kappa shape index (κ2) is 5.73. The first-order valence-corrected chi connectivity index (χ1v) is 5.95. The first kappa shape index (κ1) is 12.0. The molecule has 0 spiro atoms. The van der Waals surface area contributed by atoms with Crippen LogP contribution in [0.25, 0.3) is 0 Å². The maximum atomic E-state index is 5.68. The Kier molecular flexibility index (Phi) is 4.04. The number of hydrogen-bond donors (Lipinski definition) is 1. The lowest BCUT2D eigenvalue weighted by Gasteiger charge is -2.12. The average Bonchev–Trinajstić information content (AvgIpc) is 3.18. The van der Waals surface area contributed by atoms with Crippen molar-refractivity contribution in [2.45, 2.75) is 18.9 Å². The minimum absolute atomic E-state index is 0.528. The SMILES string of the molecule is C=C(CNC1CC1)COc1ccccc1OC. The van der Waals surface area contributed by atoms with Gasteiger partial charge in [0.1, 0.15) is 6.61 Å². The van der Waals surface area contributed by atoms with Gasteiger partial charge in [-0.25, -0.2) is 0 Å². The minimum atomic E-state index is 0.528. The first-order valence-electron chi connectivity index (χ1n) is 5.95. The fourth-order valence-electron chi connectivity index (χ4n) is 1.55. The van der Waals surface area contributed by atoms with E-state index in [1.165, 1.54) is 12.8 Å². The number of rotatable bonds is 7. The summed E-state index contributed by atoms with van der Waals surface area (Å²) < 4.78 is 10.9. The molecular formula is C14H19NO2. The van der Waals surface area contributed by atoms with Gasteiger partial charge in [-0.05, 0) is 30.5 Å². The molecule has 1 aromatic carbocycles. The van der Waals surface area contributed by atoms with Gasteiger partial charge in [-0.1, -0.05) is 18.7 Å². The van der Waals surface area contributed by atoms with Crippen molar-refractivity contribution >= 4 is 0 Å². The highest BCUT2D eigenvalue weighted by atomic mass is 16.5. The summed E-state index contributed by atoms with van der Waals surface area (Å²) in [6.07, 6.45) is 2.58. The second-order valence-corrected chi connectivity index (χ2v) is 4.34. The Balaban J connectivity index is 1.77. The van der Waals surface area contributed by atoms with Crippen molar-refractivity contribution in [3.63, 3.8) is 0 Å². The molecule has 1 N–H and O–H groups in total. The first-order chi connectivity index (χ1) is 8.29. The van der Waals surface area contributed by atoms with Gasteiger partial charge in [0.25, 0.3) is 0 Å². The molecule has 1 aromatic rings. The lowest BCUT2D eigenvalue weighted by molar-refractivity contribution is 0.317. The molecule has 3 heteroatoms. The van der Waals surface area contributed by atoms with E-state index in [4.69, 9.17) is 9.47 Å². The van der Waals surface area contributed by atoms with E-state index in [1.54, 1.807) is 7.11 Å². The number of hydrogen-bond acceptors (Lipinski definition) is 3. The molecule has 17 heavy (non-hydrogen) atoms. The third kappa shape index (κ3) is 3.79. The standard InChI is InChI=1S/C14H19NO2/c1-11(9-15-12-7-8-12)10-17-14-6-4-3-5-13(14)16-2/h3-6,12,15H,1,7-10H2,2H3. The van der Waals surface area contributed by atoms with Gasteiger partial charge in [0, 0.05) is 12.6 Å². The van der Waals surface area contributed by atoms with E-state index < -0.39 is 0 Å². The summed E-state index contributed by atoms with van der Waals surface area (Å²) in [6, 6.07) is 8.36. The van der Waals surface area contributed by atoms with Crippen LogP contribution in [0.5, 0.6) is 11.5 Å². The minimum Gasteiger partial charge on any atom is -0.493 e. The molecule has 1 saturated carbocycles. The third-order valence-corrected chi connectivity index (χ3v) is 2.72. The van der Waals surface area contributed by atoms with E-state index >= 15 is 0 Å². The number of ether oxygens (including phenoxy) is 2. The second-order valence-electron chi connectivity index (χ2n) is 4.34. The lowest BCUT2D eigenvalue weighted by Crippen LogP contribution is -2.21. The Bertz CT molecular complexity index is 386. The van der Waals surface area contributed by atoms with E-state index in [0.717, 1.165) is 23.6 Å². The number of methoxy groups -OCH3 is 1.